The molecule has 1 saturated heterocycles. The van der Waals surface area contributed by atoms with Crippen LogP contribution in [0.5, 0.6) is 0 Å². The van der Waals surface area contributed by atoms with Gasteiger partial charge in [0.05, 0.1) is 15.6 Å². The van der Waals surface area contributed by atoms with E-state index in [9.17, 15) is 10.1 Å². The third kappa shape index (κ3) is 3.40. The van der Waals surface area contributed by atoms with Crippen molar-refractivity contribution < 1.29 is 4.92 Å². The summed E-state index contributed by atoms with van der Waals surface area (Å²) in [5, 5.41) is 15.5. The summed E-state index contributed by atoms with van der Waals surface area (Å²) >= 11 is 7.92. The molecule has 2 heterocycles. The minimum Gasteiger partial charge on any atom is -0.368 e. The van der Waals surface area contributed by atoms with E-state index in [-0.39, 0.29) is 5.69 Å². The van der Waals surface area contributed by atoms with Gasteiger partial charge in [-0.05, 0) is 28.5 Å². The van der Waals surface area contributed by atoms with Gasteiger partial charge in [0, 0.05) is 44.9 Å². The summed E-state index contributed by atoms with van der Waals surface area (Å²) in [4.78, 5) is 14.9. The fourth-order valence-electron chi connectivity index (χ4n) is 2.65. The number of piperazine rings is 1. The summed E-state index contributed by atoms with van der Waals surface area (Å²) in [5.41, 5.74) is 2.26. The van der Waals surface area contributed by atoms with Gasteiger partial charge in [0.1, 0.15) is 0 Å². The first-order valence-corrected chi connectivity index (χ1v) is 8.38. The van der Waals surface area contributed by atoms with Crippen LogP contribution in [0.1, 0.15) is 5.56 Å². The Hall–Kier alpha value is -1.63. The summed E-state index contributed by atoms with van der Waals surface area (Å²) < 4.78 is 0. The van der Waals surface area contributed by atoms with Crippen molar-refractivity contribution in [3.8, 4) is 0 Å². The van der Waals surface area contributed by atoms with Crippen molar-refractivity contribution >= 4 is 34.3 Å². The second-order valence-electron chi connectivity index (χ2n) is 5.29. The van der Waals surface area contributed by atoms with E-state index in [1.807, 2.05) is 0 Å². The lowest BCUT2D eigenvalue weighted by Crippen LogP contribution is -2.46. The maximum atomic E-state index is 10.8. The van der Waals surface area contributed by atoms with Gasteiger partial charge in [-0.3, -0.25) is 15.0 Å². The molecule has 2 aromatic rings. The van der Waals surface area contributed by atoms with Crippen molar-refractivity contribution in [3.63, 3.8) is 0 Å². The quantitative estimate of drug-likeness (QED) is 0.631. The maximum Gasteiger partial charge on any atom is 0.271 e. The molecule has 0 aliphatic carbocycles. The van der Waals surface area contributed by atoms with Gasteiger partial charge in [-0.2, -0.15) is 11.3 Å². The first-order chi connectivity index (χ1) is 10.6. The lowest BCUT2D eigenvalue weighted by atomic mass is 10.2. The predicted octanol–water partition coefficient (Wildman–Crippen LogP) is 3.63. The predicted molar refractivity (Wildman–Crippen MR) is 89.9 cm³/mol. The molecular formula is C15H16ClN3O2S. The van der Waals surface area contributed by atoms with Crippen LogP contribution in [0, 0.1) is 10.1 Å². The van der Waals surface area contributed by atoms with Gasteiger partial charge in [-0.15, -0.1) is 0 Å². The van der Waals surface area contributed by atoms with E-state index in [0.717, 1.165) is 38.4 Å². The zero-order valence-electron chi connectivity index (χ0n) is 11.9. The van der Waals surface area contributed by atoms with Crippen LogP contribution in [-0.4, -0.2) is 36.0 Å². The van der Waals surface area contributed by atoms with Gasteiger partial charge in [-0.25, -0.2) is 0 Å². The molecule has 1 aromatic heterocycles. The average Bonchev–Trinajstić information content (AvgIpc) is 3.01. The Morgan fingerprint density at radius 3 is 2.59 bits per heavy atom. The number of nitro benzene ring substituents is 1. The summed E-state index contributed by atoms with van der Waals surface area (Å²) in [6.45, 7) is 4.65. The maximum absolute atomic E-state index is 10.8. The molecule has 3 rings (SSSR count). The smallest absolute Gasteiger partial charge is 0.271 e. The normalized spacial score (nSPS) is 16.0. The van der Waals surface area contributed by atoms with Crippen LogP contribution < -0.4 is 4.90 Å². The van der Waals surface area contributed by atoms with E-state index in [2.05, 4.69) is 26.6 Å². The van der Waals surface area contributed by atoms with Crippen molar-refractivity contribution in [2.75, 3.05) is 31.1 Å². The summed E-state index contributed by atoms with van der Waals surface area (Å²) in [5.74, 6) is 0. The van der Waals surface area contributed by atoms with Crippen molar-refractivity contribution in [2.45, 2.75) is 6.54 Å². The second-order valence-corrected chi connectivity index (χ2v) is 6.47. The Morgan fingerprint density at radius 2 is 2.00 bits per heavy atom. The van der Waals surface area contributed by atoms with E-state index >= 15 is 0 Å². The Kier molecular flexibility index (Phi) is 4.61. The van der Waals surface area contributed by atoms with Crippen LogP contribution >= 0.6 is 22.9 Å². The van der Waals surface area contributed by atoms with Crippen LogP contribution in [0.4, 0.5) is 11.4 Å². The monoisotopic (exact) mass is 337 g/mol. The van der Waals surface area contributed by atoms with Crippen LogP contribution in [0.3, 0.4) is 0 Å². The Morgan fingerprint density at radius 1 is 1.23 bits per heavy atom. The molecular weight excluding hydrogens is 322 g/mol. The Labute approximate surface area is 137 Å². The summed E-state index contributed by atoms with van der Waals surface area (Å²) in [6.07, 6.45) is 0. The molecule has 1 fully saturated rings. The van der Waals surface area contributed by atoms with Crippen molar-refractivity contribution in [1.82, 2.24) is 4.90 Å². The second kappa shape index (κ2) is 6.64. The number of rotatable bonds is 4. The Balaban J connectivity index is 1.62. The van der Waals surface area contributed by atoms with Crippen LogP contribution in [-0.2, 0) is 6.54 Å². The molecule has 7 heteroatoms. The number of nitro groups is 1. The number of hydrogen-bond acceptors (Lipinski definition) is 5. The molecule has 0 unspecified atom stereocenters. The zero-order chi connectivity index (χ0) is 15.5. The zero-order valence-corrected chi connectivity index (χ0v) is 13.5. The van der Waals surface area contributed by atoms with Gasteiger partial charge in [-0.1, -0.05) is 11.6 Å². The van der Waals surface area contributed by atoms with E-state index in [4.69, 9.17) is 11.6 Å². The minimum atomic E-state index is -0.422. The fourth-order valence-corrected chi connectivity index (χ4v) is 3.61. The van der Waals surface area contributed by atoms with Crippen molar-refractivity contribution in [3.05, 3.63) is 55.7 Å². The van der Waals surface area contributed by atoms with Gasteiger partial charge in [0.25, 0.3) is 5.69 Å². The number of benzene rings is 1. The van der Waals surface area contributed by atoms with Crippen LogP contribution in [0.2, 0.25) is 5.02 Å². The molecule has 0 saturated carbocycles. The number of thiophene rings is 1. The van der Waals surface area contributed by atoms with E-state index in [0.29, 0.717) is 5.02 Å². The molecule has 5 nitrogen and oxygen atoms in total. The van der Waals surface area contributed by atoms with Gasteiger partial charge in [0.15, 0.2) is 0 Å². The molecule has 0 spiro atoms. The number of nitrogens with zero attached hydrogens (tertiary/aromatic N) is 3. The molecule has 1 aliphatic rings. The first kappa shape index (κ1) is 15.3. The minimum absolute atomic E-state index is 0.0323. The highest BCUT2D eigenvalue weighted by Crippen LogP contribution is 2.30. The third-order valence-corrected chi connectivity index (χ3v) is 4.88. The highest BCUT2D eigenvalue weighted by molar-refractivity contribution is 7.07. The highest BCUT2D eigenvalue weighted by atomic mass is 35.5. The van der Waals surface area contributed by atoms with E-state index in [1.165, 1.54) is 17.7 Å². The molecule has 1 aliphatic heterocycles. The highest BCUT2D eigenvalue weighted by Gasteiger charge is 2.20. The molecule has 22 heavy (non-hydrogen) atoms. The number of halogens is 1. The molecule has 0 N–H and O–H groups in total. The van der Waals surface area contributed by atoms with Gasteiger partial charge >= 0.3 is 0 Å². The number of non-ortho nitro benzene ring substituents is 1. The number of hydrogen-bond donors (Lipinski definition) is 0. The fraction of sp³-hybridized carbons (Fsp3) is 0.333. The average molecular weight is 338 g/mol. The van der Waals surface area contributed by atoms with Crippen molar-refractivity contribution in [2.24, 2.45) is 0 Å². The molecule has 0 atom stereocenters. The van der Waals surface area contributed by atoms with Crippen molar-refractivity contribution in [1.29, 1.82) is 0 Å². The topological polar surface area (TPSA) is 49.6 Å². The molecule has 116 valence electrons. The summed E-state index contributed by atoms with van der Waals surface area (Å²) in [7, 11) is 0. The van der Waals surface area contributed by atoms with E-state index < -0.39 is 4.92 Å². The largest absolute Gasteiger partial charge is 0.368 e. The first-order valence-electron chi connectivity index (χ1n) is 7.06. The molecule has 0 radical (unpaired) electrons. The van der Waals surface area contributed by atoms with Gasteiger partial charge < -0.3 is 4.90 Å². The van der Waals surface area contributed by atoms with Gasteiger partial charge in [0.2, 0.25) is 0 Å². The lowest BCUT2D eigenvalue weighted by Gasteiger charge is -2.36. The van der Waals surface area contributed by atoms with Crippen LogP contribution in [0.15, 0.2) is 35.0 Å². The third-order valence-electron chi connectivity index (χ3n) is 3.84. The standard InChI is InChI=1S/C15H16ClN3O2S/c16-14-9-13(19(20)21)1-2-15(14)18-6-4-17(5-7-18)10-12-3-8-22-11-12/h1-3,8-9,11H,4-7,10H2. The Bertz CT molecular complexity index is 655. The lowest BCUT2D eigenvalue weighted by molar-refractivity contribution is -0.384. The summed E-state index contributed by atoms with van der Waals surface area (Å²) in [6, 6.07) is 6.84. The molecule has 0 amide bonds. The SMILES string of the molecule is O=[N+]([O-])c1ccc(N2CCN(Cc3ccsc3)CC2)c(Cl)c1. The molecule has 0 bridgehead atoms. The molecule has 1 aromatic carbocycles. The number of anilines is 1. The van der Waals surface area contributed by atoms with E-state index in [1.54, 1.807) is 17.4 Å². The van der Waals surface area contributed by atoms with Crippen LogP contribution in [0.25, 0.3) is 0 Å².